The molecule has 1 aromatic carbocycles. The molecule has 0 aliphatic rings. The summed E-state index contributed by atoms with van der Waals surface area (Å²) in [6.45, 7) is 9.78. The maximum absolute atomic E-state index is 14.2. The quantitative estimate of drug-likeness (QED) is 0.130. The van der Waals surface area contributed by atoms with Gasteiger partial charge in [0.25, 0.3) is 0 Å². The number of amides is 2. The second kappa shape index (κ2) is 17.0. The Morgan fingerprint density at radius 1 is 0.960 bits per heavy atom. The van der Waals surface area contributed by atoms with Crippen molar-refractivity contribution in [2.45, 2.75) is 40.3 Å². The molecule has 0 bridgehead atoms. The summed E-state index contributed by atoms with van der Waals surface area (Å²) in [4.78, 5) is 47.3. The number of nitrogens with one attached hydrogen (secondary N) is 2. The van der Waals surface area contributed by atoms with Crippen LogP contribution in [0, 0.1) is 13.8 Å². The number of hydrogen-bond acceptors (Lipinski definition) is 11. The van der Waals surface area contributed by atoms with Gasteiger partial charge in [-0.05, 0) is 45.0 Å². The Labute approximate surface area is 288 Å². The van der Waals surface area contributed by atoms with Gasteiger partial charge in [0.1, 0.15) is 18.1 Å². The Kier molecular flexibility index (Phi) is 12.3. The normalized spacial score (nSPS) is 12.0. The first-order chi connectivity index (χ1) is 24.2. The standard InChI is InChI=1S/C35H43N7O8/c1-22-33(24(3)50-40-22)27-18-29-26(19-31(27)46-5)34-30(20-39-29)41(35(45)42(34)23(2)28-8-6-7-9-37-28)21-32(44)38-11-13-48-15-17-49-16-14-47-12-10-36-25(4)43/h6-9,18-20,23H,10-17,21H2,1-5H3,(H,36,43)(H,38,44)/t23-/m1/s1. The summed E-state index contributed by atoms with van der Waals surface area (Å²) in [6.07, 6.45) is 3.30. The zero-order valence-corrected chi connectivity index (χ0v) is 29.0. The predicted molar refractivity (Wildman–Crippen MR) is 185 cm³/mol. The van der Waals surface area contributed by atoms with Gasteiger partial charge in [-0.1, -0.05) is 11.2 Å². The number of carbonyl (C=O) groups excluding carboxylic acids is 2. The maximum Gasteiger partial charge on any atom is 0.330 e. The van der Waals surface area contributed by atoms with Gasteiger partial charge in [-0.15, -0.1) is 0 Å². The van der Waals surface area contributed by atoms with Crippen LogP contribution in [0.4, 0.5) is 0 Å². The summed E-state index contributed by atoms with van der Waals surface area (Å²) in [5, 5.41) is 10.3. The molecule has 0 saturated heterocycles. The number of aromatic nitrogens is 5. The van der Waals surface area contributed by atoms with E-state index in [1.54, 1.807) is 24.1 Å². The van der Waals surface area contributed by atoms with Crippen molar-refractivity contribution in [3.8, 4) is 16.9 Å². The van der Waals surface area contributed by atoms with Crippen LogP contribution in [0.2, 0.25) is 0 Å². The zero-order valence-electron chi connectivity index (χ0n) is 29.0. The van der Waals surface area contributed by atoms with Crippen LogP contribution in [-0.4, -0.2) is 95.9 Å². The van der Waals surface area contributed by atoms with E-state index in [9.17, 15) is 14.4 Å². The first kappa shape index (κ1) is 36.2. The van der Waals surface area contributed by atoms with Crippen LogP contribution in [0.1, 0.15) is 37.0 Å². The summed E-state index contributed by atoms with van der Waals surface area (Å²) >= 11 is 0. The Balaban J connectivity index is 1.30. The van der Waals surface area contributed by atoms with Crippen LogP contribution in [-0.2, 0) is 30.3 Å². The van der Waals surface area contributed by atoms with Crippen molar-refractivity contribution >= 4 is 33.8 Å². The third-order valence-corrected chi connectivity index (χ3v) is 8.15. The van der Waals surface area contributed by atoms with E-state index in [0.29, 0.717) is 78.7 Å². The minimum absolute atomic E-state index is 0.0945. The first-order valence-corrected chi connectivity index (χ1v) is 16.4. The molecule has 1 atom stereocenters. The molecule has 0 aliphatic heterocycles. The average Bonchev–Trinajstić information content (AvgIpc) is 3.59. The Hall–Kier alpha value is -5.12. The molecule has 0 spiro atoms. The molecule has 0 aliphatic carbocycles. The van der Waals surface area contributed by atoms with E-state index in [0.717, 1.165) is 16.8 Å². The number of nitrogens with zero attached hydrogens (tertiary/aromatic N) is 5. The SMILES string of the molecule is COc1cc2c(cc1-c1c(C)noc1C)ncc1c2n([C@H](C)c2ccccn2)c(=O)n1CC(=O)NCCOCCOCCOCCNC(C)=O. The van der Waals surface area contributed by atoms with Gasteiger partial charge in [-0.25, -0.2) is 4.79 Å². The van der Waals surface area contributed by atoms with Crippen molar-refractivity contribution in [1.29, 1.82) is 0 Å². The van der Waals surface area contributed by atoms with Gasteiger partial charge in [-0.3, -0.25) is 28.7 Å². The molecule has 50 heavy (non-hydrogen) atoms. The minimum Gasteiger partial charge on any atom is -0.496 e. The van der Waals surface area contributed by atoms with Crippen molar-refractivity contribution < 1.29 is 33.1 Å². The van der Waals surface area contributed by atoms with E-state index in [-0.39, 0.29) is 37.2 Å². The van der Waals surface area contributed by atoms with Crippen LogP contribution in [0.3, 0.4) is 0 Å². The maximum atomic E-state index is 14.2. The van der Waals surface area contributed by atoms with Crippen molar-refractivity contribution in [3.63, 3.8) is 0 Å². The molecule has 0 unspecified atom stereocenters. The number of hydrogen-bond donors (Lipinski definition) is 2. The molecule has 2 amide bonds. The number of methoxy groups -OCH3 is 1. The van der Waals surface area contributed by atoms with Crippen molar-refractivity contribution in [2.75, 3.05) is 59.8 Å². The third-order valence-electron chi connectivity index (χ3n) is 8.15. The number of imidazole rings is 1. The van der Waals surface area contributed by atoms with Crippen molar-refractivity contribution in [1.82, 2.24) is 34.9 Å². The van der Waals surface area contributed by atoms with Crippen molar-refractivity contribution in [2.24, 2.45) is 0 Å². The smallest absolute Gasteiger partial charge is 0.330 e. The van der Waals surface area contributed by atoms with Gasteiger partial charge in [-0.2, -0.15) is 0 Å². The molecule has 0 fully saturated rings. The fourth-order valence-corrected chi connectivity index (χ4v) is 5.78. The molecule has 5 rings (SSSR count). The molecule has 5 aromatic rings. The molecular weight excluding hydrogens is 646 g/mol. The number of aryl methyl sites for hydroxylation is 2. The molecule has 4 aromatic heterocycles. The lowest BCUT2D eigenvalue weighted by molar-refractivity contribution is -0.122. The van der Waals surface area contributed by atoms with Crippen LogP contribution in [0.5, 0.6) is 5.75 Å². The second-order valence-corrected chi connectivity index (χ2v) is 11.6. The molecular formula is C35H43N7O8. The van der Waals surface area contributed by atoms with Crippen LogP contribution in [0.25, 0.3) is 33.1 Å². The first-order valence-electron chi connectivity index (χ1n) is 16.4. The van der Waals surface area contributed by atoms with Gasteiger partial charge in [0, 0.05) is 37.2 Å². The number of fused-ring (bicyclic) bond motifs is 3. The summed E-state index contributed by atoms with van der Waals surface area (Å²) < 4.78 is 30.7. The summed E-state index contributed by atoms with van der Waals surface area (Å²) in [6, 6.07) is 8.86. The largest absolute Gasteiger partial charge is 0.496 e. The third kappa shape index (κ3) is 8.35. The van der Waals surface area contributed by atoms with Crippen LogP contribution < -0.4 is 21.1 Å². The summed E-state index contributed by atoms with van der Waals surface area (Å²) in [5.41, 5.74) is 4.37. The van der Waals surface area contributed by atoms with Gasteiger partial charge >= 0.3 is 5.69 Å². The van der Waals surface area contributed by atoms with E-state index < -0.39 is 6.04 Å². The van der Waals surface area contributed by atoms with E-state index >= 15 is 0 Å². The lowest BCUT2D eigenvalue weighted by Crippen LogP contribution is -2.35. The highest BCUT2D eigenvalue weighted by Crippen LogP contribution is 2.39. The predicted octanol–water partition coefficient (Wildman–Crippen LogP) is 2.94. The lowest BCUT2D eigenvalue weighted by atomic mass is 10.00. The Morgan fingerprint density at radius 3 is 2.28 bits per heavy atom. The highest BCUT2D eigenvalue weighted by molar-refractivity contribution is 6.05. The van der Waals surface area contributed by atoms with Gasteiger partial charge in [0.05, 0.1) is 92.5 Å². The monoisotopic (exact) mass is 689 g/mol. The van der Waals surface area contributed by atoms with E-state index in [1.165, 1.54) is 11.5 Å². The molecule has 0 saturated carbocycles. The fraction of sp³-hybridized carbons (Fsp3) is 0.429. The number of ether oxygens (including phenoxy) is 4. The van der Waals surface area contributed by atoms with Gasteiger partial charge < -0.3 is 34.1 Å². The number of benzene rings is 1. The Bertz CT molecular complexity index is 1970. The molecule has 4 heterocycles. The van der Waals surface area contributed by atoms with Gasteiger partial charge in [0.15, 0.2) is 0 Å². The fourth-order valence-electron chi connectivity index (χ4n) is 5.78. The van der Waals surface area contributed by atoms with Crippen LogP contribution >= 0.6 is 0 Å². The van der Waals surface area contributed by atoms with E-state index in [1.807, 2.05) is 51.1 Å². The molecule has 15 nitrogen and oxygen atoms in total. The zero-order chi connectivity index (χ0) is 35.6. The average molecular weight is 690 g/mol. The number of carbonyl (C=O) groups is 2. The highest BCUT2D eigenvalue weighted by Gasteiger charge is 2.25. The molecule has 266 valence electrons. The van der Waals surface area contributed by atoms with Gasteiger partial charge in [0.2, 0.25) is 11.8 Å². The molecule has 2 N–H and O–H groups in total. The van der Waals surface area contributed by atoms with E-state index in [4.69, 9.17) is 28.5 Å². The minimum atomic E-state index is -0.458. The summed E-state index contributed by atoms with van der Waals surface area (Å²) in [7, 11) is 1.58. The van der Waals surface area contributed by atoms with E-state index in [2.05, 4.69) is 20.8 Å². The highest BCUT2D eigenvalue weighted by atomic mass is 16.5. The molecule has 15 heteroatoms. The summed E-state index contributed by atoms with van der Waals surface area (Å²) in [5.74, 6) is 0.770. The number of pyridine rings is 2. The lowest BCUT2D eigenvalue weighted by Gasteiger charge is -2.15. The molecule has 0 radical (unpaired) electrons. The Morgan fingerprint density at radius 2 is 1.66 bits per heavy atom. The topological polar surface area (TPSA) is 174 Å². The number of rotatable bonds is 18. The van der Waals surface area contributed by atoms with Crippen LogP contribution in [0.15, 0.2) is 52.0 Å². The van der Waals surface area contributed by atoms with Crippen molar-refractivity contribution in [3.05, 3.63) is 70.4 Å². The second-order valence-electron chi connectivity index (χ2n) is 11.6.